The predicted molar refractivity (Wildman–Crippen MR) is 160 cm³/mol. The van der Waals surface area contributed by atoms with Gasteiger partial charge in [0, 0.05) is 6.42 Å². The number of halogens is 3. The molecule has 0 radical (unpaired) electrons. The van der Waals surface area contributed by atoms with Crippen LogP contribution >= 0.6 is 0 Å². The lowest BCUT2D eigenvalue weighted by Gasteiger charge is -2.37. The molecule has 0 aliphatic heterocycles. The van der Waals surface area contributed by atoms with Gasteiger partial charge in [0.2, 0.25) is 0 Å². The van der Waals surface area contributed by atoms with Crippen LogP contribution in [0.1, 0.15) is 42.0 Å². The Morgan fingerprint density at radius 2 is 1.15 bits per heavy atom. The van der Waals surface area contributed by atoms with Crippen LogP contribution in [0.5, 0.6) is 11.5 Å². The van der Waals surface area contributed by atoms with Gasteiger partial charge in [-0.25, -0.2) is 0 Å². The second kappa shape index (κ2) is 13.9. The van der Waals surface area contributed by atoms with Crippen LogP contribution in [-0.2, 0) is 9.84 Å². The molecule has 0 bridgehead atoms. The van der Waals surface area contributed by atoms with Crippen molar-refractivity contribution in [3.05, 3.63) is 131 Å². The van der Waals surface area contributed by atoms with Crippen LogP contribution in [0.25, 0.3) is 0 Å². The fourth-order valence-corrected chi connectivity index (χ4v) is 7.02. The van der Waals surface area contributed by atoms with Gasteiger partial charge in [0.25, 0.3) is 0 Å². The van der Waals surface area contributed by atoms with Crippen molar-refractivity contribution in [2.75, 3.05) is 13.7 Å². The topological polar surface area (TPSA) is 27.7 Å². The Kier molecular flexibility index (Phi) is 10.3. The average Bonchev–Trinajstić information content (AvgIpc) is 3.00. The molecule has 7 heteroatoms. The van der Waals surface area contributed by atoms with Crippen molar-refractivity contribution in [3.63, 3.8) is 0 Å². The molecule has 4 aromatic rings. The van der Waals surface area contributed by atoms with Crippen LogP contribution in [0.3, 0.4) is 0 Å². The summed E-state index contributed by atoms with van der Waals surface area (Å²) in [4.78, 5) is 0. The third-order valence-electron chi connectivity index (χ3n) is 7.37. The monoisotopic (exact) mass is 578 g/mol. The third-order valence-corrected chi connectivity index (χ3v) is 9.33. The number of hydrogen-bond acceptors (Lipinski definition) is 3. The van der Waals surface area contributed by atoms with E-state index in [0.29, 0.717) is 18.8 Å². The number of rotatable bonds is 13. The highest BCUT2D eigenvalue weighted by Gasteiger charge is 2.38. The summed E-state index contributed by atoms with van der Waals surface area (Å²) < 4.78 is 55.4. The van der Waals surface area contributed by atoms with E-state index in [2.05, 4.69) is 72.8 Å². The minimum absolute atomic E-state index is 0.0705. The fraction of sp³-hybridized carbons (Fsp3) is 0.294. The van der Waals surface area contributed by atoms with Gasteiger partial charge in [-0.1, -0.05) is 91.9 Å². The van der Waals surface area contributed by atoms with E-state index in [4.69, 9.17) is 13.9 Å². The molecule has 2 unspecified atom stereocenters. The van der Waals surface area contributed by atoms with Crippen LogP contribution in [0.15, 0.2) is 109 Å². The first kappa shape index (κ1) is 30.4. The molecule has 0 spiro atoms. The number of hydrogen-bond donors (Lipinski definition) is 0. The Balaban J connectivity index is 1.63. The Morgan fingerprint density at radius 3 is 1.59 bits per heavy atom. The van der Waals surface area contributed by atoms with Crippen molar-refractivity contribution < 1.29 is 27.1 Å². The van der Waals surface area contributed by atoms with Crippen molar-refractivity contribution in [1.29, 1.82) is 0 Å². The quantitative estimate of drug-likeness (QED) is 0.118. The zero-order valence-electron chi connectivity index (χ0n) is 23.7. The van der Waals surface area contributed by atoms with Crippen LogP contribution in [0.2, 0.25) is 12.6 Å². The predicted octanol–water partition coefficient (Wildman–Crippen LogP) is 8.56. The van der Waals surface area contributed by atoms with Crippen molar-refractivity contribution >= 4 is 9.04 Å². The van der Waals surface area contributed by atoms with Crippen molar-refractivity contribution in [3.8, 4) is 11.5 Å². The summed E-state index contributed by atoms with van der Waals surface area (Å²) in [6.07, 6.45) is -4.51. The first-order chi connectivity index (χ1) is 19.8. The Morgan fingerprint density at radius 1 is 0.683 bits per heavy atom. The van der Waals surface area contributed by atoms with Crippen LogP contribution < -0.4 is 9.47 Å². The summed E-state index contributed by atoms with van der Waals surface area (Å²) in [5.74, 6) is 1.47. The summed E-state index contributed by atoms with van der Waals surface area (Å²) in [6, 6.07) is 37.2. The van der Waals surface area contributed by atoms with Gasteiger partial charge < -0.3 is 13.9 Å². The molecule has 0 amide bonds. The Bertz CT molecular complexity index is 1290. The van der Waals surface area contributed by atoms with E-state index in [-0.39, 0.29) is 12.1 Å². The van der Waals surface area contributed by atoms with Crippen LogP contribution in [0.4, 0.5) is 13.2 Å². The molecular formula is C34H37F3O3Si. The SMILES string of the molecule is CCC(COc1ccc(C(c2ccccc2)(c2ccccc2)c2ccc(OC)cc2)cc1)O[SiH](C)CCC(F)(F)F. The number of benzene rings is 4. The van der Waals surface area contributed by atoms with Gasteiger partial charge in [-0.2, -0.15) is 13.2 Å². The van der Waals surface area contributed by atoms with Gasteiger partial charge in [-0.15, -0.1) is 0 Å². The average molecular weight is 579 g/mol. The van der Waals surface area contributed by atoms with Gasteiger partial charge in [-0.05, 0) is 65.5 Å². The van der Waals surface area contributed by atoms with E-state index in [0.717, 1.165) is 28.0 Å². The maximum Gasteiger partial charge on any atom is 0.388 e. The van der Waals surface area contributed by atoms with E-state index < -0.39 is 27.1 Å². The standard InChI is InChI=1S/C34H37F3O3Si/c1-4-30(40-41(3)24-23-33(35,36)37)25-39-32-21-17-29(18-22-32)34(26-11-7-5-8-12-26,27-13-9-6-10-14-27)28-15-19-31(38-2)20-16-28/h5-22,30,41H,4,23-25H2,1-3H3. The van der Waals surface area contributed by atoms with E-state index in [1.54, 1.807) is 7.11 Å². The number of ether oxygens (including phenoxy) is 2. The van der Waals surface area contributed by atoms with E-state index >= 15 is 0 Å². The molecule has 0 saturated heterocycles. The molecule has 0 aliphatic rings. The third kappa shape index (κ3) is 7.60. The van der Waals surface area contributed by atoms with E-state index in [1.165, 1.54) is 0 Å². The van der Waals surface area contributed by atoms with Crippen LogP contribution in [-0.4, -0.2) is 35.0 Å². The normalized spacial score (nSPS) is 13.4. The Labute approximate surface area is 242 Å². The fourth-order valence-electron chi connectivity index (χ4n) is 5.22. The van der Waals surface area contributed by atoms with Gasteiger partial charge in [0.15, 0.2) is 9.04 Å². The highest BCUT2D eigenvalue weighted by atomic mass is 28.3. The molecule has 41 heavy (non-hydrogen) atoms. The van der Waals surface area contributed by atoms with Crippen LogP contribution in [0, 0.1) is 0 Å². The molecule has 2 atom stereocenters. The first-order valence-electron chi connectivity index (χ1n) is 14.0. The lowest BCUT2D eigenvalue weighted by molar-refractivity contribution is -0.131. The highest BCUT2D eigenvalue weighted by molar-refractivity contribution is 6.50. The van der Waals surface area contributed by atoms with Gasteiger partial charge in [0.1, 0.15) is 18.1 Å². The molecule has 4 rings (SSSR count). The Hall–Kier alpha value is -3.55. The second-order valence-electron chi connectivity index (χ2n) is 10.2. The first-order valence-corrected chi connectivity index (χ1v) is 16.4. The molecule has 216 valence electrons. The summed E-state index contributed by atoms with van der Waals surface area (Å²) in [5.41, 5.74) is 3.83. The van der Waals surface area contributed by atoms with Crippen molar-refractivity contribution in [2.24, 2.45) is 0 Å². The maximum absolute atomic E-state index is 12.6. The van der Waals surface area contributed by atoms with E-state index in [9.17, 15) is 13.2 Å². The van der Waals surface area contributed by atoms with Gasteiger partial charge >= 0.3 is 6.18 Å². The molecule has 0 fully saturated rings. The molecule has 0 aromatic heterocycles. The molecule has 4 aromatic carbocycles. The summed E-state index contributed by atoms with van der Waals surface area (Å²) in [5, 5.41) is 0. The number of alkyl halides is 3. The number of methoxy groups -OCH3 is 1. The zero-order valence-corrected chi connectivity index (χ0v) is 24.9. The largest absolute Gasteiger partial charge is 0.497 e. The zero-order chi connectivity index (χ0) is 29.3. The summed E-state index contributed by atoms with van der Waals surface area (Å²) in [6.45, 7) is 4.07. The van der Waals surface area contributed by atoms with Gasteiger partial charge in [0.05, 0.1) is 18.6 Å². The molecule has 3 nitrogen and oxygen atoms in total. The van der Waals surface area contributed by atoms with E-state index in [1.807, 2.05) is 49.9 Å². The van der Waals surface area contributed by atoms with Crippen molar-refractivity contribution in [2.45, 2.75) is 50.1 Å². The maximum atomic E-state index is 12.6. The lowest BCUT2D eigenvalue weighted by atomic mass is 9.65. The summed E-state index contributed by atoms with van der Waals surface area (Å²) >= 11 is 0. The second-order valence-corrected chi connectivity index (χ2v) is 12.6. The minimum Gasteiger partial charge on any atom is -0.497 e. The van der Waals surface area contributed by atoms with Gasteiger partial charge in [-0.3, -0.25) is 0 Å². The molecule has 0 N–H and O–H groups in total. The summed E-state index contributed by atoms with van der Waals surface area (Å²) in [7, 11) is -0.292. The minimum atomic E-state index is -4.15. The molecule has 0 heterocycles. The highest BCUT2D eigenvalue weighted by Crippen LogP contribution is 2.45. The lowest BCUT2D eigenvalue weighted by Crippen LogP contribution is -2.31. The molecule has 0 saturated carbocycles. The molecular weight excluding hydrogens is 541 g/mol. The smallest absolute Gasteiger partial charge is 0.388 e. The molecule has 0 aliphatic carbocycles. The van der Waals surface area contributed by atoms with Crippen molar-refractivity contribution in [1.82, 2.24) is 0 Å².